The molecule has 0 aliphatic heterocycles. The molecule has 9 nitrogen and oxygen atoms in total. The smallest absolute Gasteiger partial charge is 0.251 e. The molecule has 0 unspecified atom stereocenters. The minimum Gasteiger partial charge on any atom is -0.368 e. The van der Waals surface area contributed by atoms with E-state index in [-0.39, 0.29) is 18.4 Å². The Labute approximate surface area is 150 Å². The third-order valence-corrected chi connectivity index (χ3v) is 3.59. The molecule has 2 aromatic heterocycles. The summed E-state index contributed by atoms with van der Waals surface area (Å²) >= 11 is 0. The van der Waals surface area contributed by atoms with Gasteiger partial charge in [0.05, 0.1) is 13.1 Å². The number of rotatable bonds is 6. The molecular weight excluding hydrogens is 332 g/mol. The first kappa shape index (κ1) is 17.3. The Morgan fingerprint density at radius 3 is 2.81 bits per heavy atom. The maximum Gasteiger partial charge on any atom is 0.251 e. The highest BCUT2D eigenvalue weighted by atomic mass is 16.1. The van der Waals surface area contributed by atoms with Gasteiger partial charge in [-0.15, -0.1) is 0 Å². The van der Waals surface area contributed by atoms with Crippen LogP contribution in [-0.4, -0.2) is 44.7 Å². The van der Waals surface area contributed by atoms with Gasteiger partial charge in [-0.2, -0.15) is 20.1 Å². The molecule has 0 atom stereocenters. The minimum absolute atomic E-state index is 0.120. The van der Waals surface area contributed by atoms with Crippen molar-refractivity contribution < 1.29 is 4.79 Å². The van der Waals surface area contributed by atoms with E-state index in [9.17, 15) is 4.79 Å². The summed E-state index contributed by atoms with van der Waals surface area (Å²) in [5.74, 6) is 0.761. The molecule has 3 rings (SSSR count). The number of benzene rings is 1. The lowest BCUT2D eigenvalue weighted by molar-refractivity contribution is 0.0949. The van der Waals surface area contributed by atoms with Crippen LogP contribution >= 0.6 is 0 Å². The molecular formula is C17H20N8O. The molecule has 0 fully saturated rings. The van der Waals surface area contributed by atoms with Crippen LogP contribution in [0, 0.1) is 0 Å². The average molecular weight is 352 g/mol. The summed E-state index contributed by atoms with van der Waals surface area (Å²) in [4.78, 5) is 26.5. The zero-order valence-electron chi connectivity index (χ0n) is 14.6. The molecule has 0 aliphatic carbocycles. The third-order valence-electron chi connectivity index (χ3n) is 3.59. The summed E-state index contributed by atoms with van der Waals surface area (Å²) in [6, 6.07) is 9.26. The zero-order valence-corrected chi connectivity index (χ0v) is 14.6. The van der Waals surface area contributed by atoms with Gasteiger partial charge in [-0.3, -0.25) is 9.48 Å². The fourth-order valence-corrected chi connectivity index (χ4v) is 2.36. The van der Waals surface area contributed by atoms with Crippen LogP contribution in [-0.2, 0) is 13.1 Å². The number of nitrogens with one attached hydrogen (secondary N) is 1. The van der Waals surface area contributed by atoms with Crippen LogP contribution in [0.25, 0.3) is 0 Å². The van der Waals surface area contributed by atoms with E-state index in [2.05, 4.69) is 25.4 Å². The first-order chi connectivity index (χ1) is 12.5. The van der Waals surface area contributed by atoms with Crippen molar-refractivity contribution in [2.75, 3.05) is 24.7 Å². The Kier molecular flexibility index (Phi) is 5.07. The Hall–Kier alpha value is -3.49. The van der Waals surface area contributed by atoms with Crippen LogP contribution < -0.4 is 16.0 Å². The SMILES string of the molecule is CN(C)c1nc(N)nc(CNC(=O)c2cccc(Cn3cccn3)c2)n1. The largest absolute Gasteiger partial charge is 0.368 e. The van der Waals surface area contributed by atoms with E-state index in [0.29, 0.717) is 23.9 Å². The highest BCUT2D eigenvalue weighted by Crippen LogP contribution is 2.08. The number of hydrogen-bond acceptors (Lipinski definition) is 7. The normalized spacial score (nSPS) is 10.5. The third kappa shape index (κ3) is 4.32. The van der Waals surface area contributed by atoms with Gasteiger partial charge in [0.2, 0.25) is 11.9 Å². The first-order valence-corrected chi connectivity index (χ1v) is 8.03. The number of hydrogen-bond donors (Lipinski definition) is 2. The molecule has 0 spiro atoms. The summed E-state index contributed by atoms with van der Waals surface area (Å²) in [7, 11) is 3.62. The van der Waals surface area contributed by atoms with E-state index in [1.54, 1.807) is 21.8 Å². The van der Waals surface area contributed by atoms with Crippen molar-refractivity contribution >= 4 is 17.8 Å². The van der Waals surface area contributed by atoms with Gasteiger partial charge in [0.1, 0.15) is 0 Å². The highest BCUT2D eigenvalue weighted by molar-refractivity contribution is 5.94. The maximum absolute atomic E-state index is 12.4. The summed E-state index contributed by atoms with van der Waals surface area (Å²) in [6.45, 7) is 0.764. The molecule has 0 radical (unpaired) electrons. The van der Waals surface area contributed by atoms with E-state index < -0.39 is 0 Å². The van der Waals surface area contributed by atoms with Gasteiger partial charge in [0, 0.05) is 32.1 Å². The minimum atomic E-state index is -0.210. The lowest BCUT2D eigenvalue weighted by Gasteiger charge is -2.12. The van der Waals surface area contributed by atoms with Crippen LogP contribution in [0.1, 0.15) is 21.7 Å². The molecule has 0 aliphatic rings. The first-order valence-electron chi connectivity index (χ1n) is 8.03. The Balaban J connectivity index is 1.67. The van der Waals surface area contributed by atoms with Crippen molar-refractivity contribution in [2.24, 2.45) is 0 Å². The summed E-state index contributed by atoms with van der Waals surface area (Å²) in [5, 5.41) is 6.98. The van der Waals surface area contributed by atoms with Crippen molar-refractivity contribution in [2.45, 2.75) is 13.1 Å². The lowest BCUT2D eigenvalue weighted by Crippen LogP contribution is -2.25. The quantitative estimate of drug-likeness (QED) is 0.671. The second kappa shape index (κ2) is 7.60. The van der Waals surface area contributed by atoms with Gasteiger partial charge in [-0.05, 0) is 23.8 Å². The van der Waals surface area contributed by atoms with E-state index >= 15 is 0 Å². The topological polar surface area (TPSA) is 115 Å². The molecule has 1 amide bonds. The van der Waals surface area contributed by atoms with Crippen molar-refractivity contribution in [3.8, 4) is 0 Å². The van der Waals surface area contributed by atoms with E-state index in [1.165, 1.54) is 0 Å². The number of nitrogens with two attached hydrogens (primary N) is 1. The van der Waals surface area contributed by atoms with Gasteiger partial charge in [0.25, 0.3) is 5.91 Å². The molecule has 0 saturated carbocycles. The number of carbonyl (C=O) groups excluding carboxylic acids is 1. The second-order valence-corrected chi connectivity index (χ2v) is 5.89. The molecule has 9 heteroatoms. The molecule has 0 bridgehead atoms. The fraction of sp³-hybridized carbons (Fsp3) is 0.235. The number of nitrogen functional groups attached to an aromatic ring is 1. The highest BCUT2D eigenvalue weighted by Gasteiger charge is 2.10. The fourth-order valence-electron chi connectivity index (χ4n) is 2.36. The van der Waals surface area contributed by atoms with Crippen molar-refractivity contribution in [1.82, 2.24) is 30.0 Å². The summed E-state index contributed by atoms with van der Waals surface area (Å²) in [6.07, 6.45) is 3.60. The second-order valence-electron chi connectivity index (χ2n) is 5.89. The lowest BCUT2D eigenvalue weighted by atomic mass is 10.1. The number of aromatic nitrogens is 5. The zero-order chi connectivity index (χ0) is 18.5. The molecule has 2 heterocycles. The summed E-state index contributed by atoms with van der Waals surface area (Å²) < 4.78 is 1.80. The molecule has 3 aromatic rings. The van der Waals surface area contributed by atoms with Crippen molar-refractivity contribution in [3.63, 3.8) is 0 Å². The standard InChI is InChI=1S/C17H20N8O/c1-24(2)17-22-14(21-16(18)23-17)10-19-15(26)13-6-3-5-12(9-13)11-25-8-4-7-20-25/h3-9H,10-11H2,1-2H3,(H,19,26)(H2,18,21,22,23). The summed E-state index contributed by atoms with van der Waals surface area (Å²) in [5.41, 5.74) is 7.24. The van der Waals surface area contributed by atoms with E-state index in [0.717, 1.165) is 5.56 Å². The van der Waals surface area contributed by atoms with Gasteiger partial charge in [0.15, 0.2) is 5.82 Å². The molecule has 1 aromatic carbocycles. The van der Waals surface area contributed by atoms with Crippen LogP contribution in [0.15, 0.2) is 42.7 Å². The van der Waals surface area contributed by atoms with Gasteiger partial charge < -0.3 is 16.0 Å². The molecule has 0 saturated heterocycles. The van der Waals surface area contributed by atoms with Crippen molar-refractivity contribution in [1.29, 1.82) is 0 Å². The number of anilines is 2. The van der Waals surface area contributed by atoms with E-state index in [1.807, 2.05) is 44.6 Å². The predicted octanol–water partition coefficient (Wildman–Crippen LogP) is 0.695. The molecule has 3 N–H and O–H groups in total. The van der Waals surface area contributed by atoms with E-state index in [4.69, 9.17) is 5.73 Å². The Bertz CT molecular complexity index is 892. The van der Waals surface area contributed by atoms with Crippen LogP contribution in [0.4, 0.5) is 11.9 Å². The van der Waals surface area contributed by atoms with Crippen LogP contribution in [0.2, 0.25) is 0 Å². The molecule has 26 heavy (non-hydrogen) atoms. The van der Waals surface area contributed by atoms with Crippen LogP contribution in [0.5, 0.6) is 0 Å². The number of amides is 1. The number of nitrogens with zero attached hydrogens (tertiary/aromatic N) is 6. The van der Waals surface area contributed by atoms with Crippen LogP contribution in [0.3, 0.4) is 0 Å². The van der Waals surface area contributed by atoms with Gasteiger partial charge in [-0.1, -0.05) is 12.1 Å². The predicted molar refractivity (Wildman–Crippen MR) is 97.5 cm³/mol. The van der Waals surface area contributed by atoms with Gasteiger partial charge in [-0.25, -0.2) is 0 Å². The monoisotopic (exact) mass is 352 g/mol. The van der Waals surface area contributed by atoms with Gasteiger partial charge >= 0.3 is 0 Å². The van der Waals surface area contributed by atoms with Crippen molar-refractivity contribution in [3.05, 3.63) is 59.7 Å². The average Bonchev–Trinajstić information content (AvgIpc) is 3.12. The maximum atomic E-state index is 12.4. The molecule has 134 valence electrons. The Morgan fingerprint density at radius 2 is 2.08 bits per heavy atom. The number of carbonyl (C=O) groups is 1. The Morgan fingerprint density at radius 1 is 1.23 bits per heavy atom.